The highest BCUT2D eigenvalue weighted by atomic mass is 15.1. The molecule has 1 aromatic carbocycles. The molecule has 0 bridgehead atoms. The zero-order valence-corrected chi connectivity index (χ0v) is 13.9. The minimum Gasteiger partial charge on any atom is -0.310 e. The number of rotatable bonds is 5. The fourth-order valence-electron chi connectivity index (χ4n) is 3.35. The van der Waals surface area contributed by atoms with E-state index in [0.717, 1.165) is 25.0 Å². The molecule has 1 saturated heterocycles. The van der Waals surface area contributed by atoms with Gasteiger partial charge in [0.1, 0.15) is 0 Å². The third-order valence-electron chi connectivity index (χ3n) is 5.17. The monoisotopic (exact) mass is 286 g/mol. The lowest BCUT2D eigenvalue weighted by atomic mass is 9.80. The molecule has 0 spiro atoms. The van der Waals surface area contributed by atoms with Crippen LogP contribution in [0.5, 0.6) is 0 Å². The summed E-state index contributed by atoms with van der Waals surface area (Å²) in [6, 6.07) is 9.76. The SMILES string of the molecule is CC(C)(C)C1CCN(Cc2ccccc2CNC2CC2)C1. The number of likely N-dealkylation sites (tertiary alicyclic amines) is 1. The first-order valence-corrected chi connectivity index (χ1v) is 8.55. The van der Waals surface area contributed by atoms with Gasteiger partial charge in [-0.3, -0.25) is 4.90 Å². The summed E-state index contributed by atoms with van der Waals surface area (Å²) in [4.78, 5) is 2.64. The van der Waals surface area contributed by atoms with E-state index in [-0.39, 0.29) is 0 Å². The molecule has 21 heavy (non-hydrogen) atoms. The van der Waals surface area contributed by atoms with Crippen LogP contribution in [0.15, 0.2) is 24.3 Å². The first-order chi connectivity index (χ1) is 10.0. The van der Waals surface area contributed by atoms with E-state index in [0.29, 0.717) is 5.41 Å². The third kappa shape index (κ3) is 4.08. The molecule has 1 aliphatic carbocycles. The number of nitrogens with zero attached hydrogens (tertiary/aromatic N) is 1. The normalized spacial score (nSPS) is 23.7. The standard InChI is InChI=1S/C19H30N2/c1-19(2,3)17-10-11-21(14-17)13-16-7-5-4-6-15(16)12-20-18-8-9-18/h4-7,17-18,20H,8-14H2,1-3H3. The summed E-state index contributed by atoms with van der Waals surface area (Å²) in [5.41, 5.74) is 3.45. The van der Waals surface area contributed by atoms with E-state index in [4.69, 9.17) is 0 Å². The van der Waals surface area contributed by atoms with Gasteiger partial charge in [0, 0.05) is 25.7 Å². The van der Waals surface area contributed by atoms with E-state index in [1.807, 2.05) is 0 Å². The van der Waals surface area contributed by atoms with Gasteiger partial charge in [-0.1, -0.05) is 45.0 Å². The van der Waals surface area contributed by atoms with E-state index >= 15 is 0 Å². The molecule has 1 atom stereocenters. The van der Waals surface area contributed by atoms with Crippen molar-refractivity contribution in [2.45, 2.75) is 59.2 Å². The summed E-state index contributed by atoms with van der Waals surface area (Å²) in [6.45, 7) is 11.8. The quantitative estimate of drug-likeness (QED) is 0.885. The van der Waals surface area contributed by atoms with Gasteiger partial charge in [0.25, 0.3) is 0 Å². The van der Waals surface area contributed by atoms with Gasteiger partial charge in [0.2, 0.25) is 0 Å². The van der Waals surface area contributed by atoms with Crippen LogP contribution in [0, 0.1) is 11.3 Å². The smallest absolute Gasteiger partial charge is 0.0237 e. The summed E-state index contributed by atoms with van der Waals surface area (Å²) in [7, 11) is 0. The molecule has 2 nitrogen and oxygen atoms in total. The molecule has 116 valence electrons. The lowest BCUT2D eigenvalue weighted by molar-refractivity contribution is 0.226. The molecule has 2 aliphatic rings. The van der Waals surface area contributed by atoms with Crippen LogP contribution in [0.4, 0.5) is 0 Å². The lowest BCUT2D eigenvalue weighted by Gasteiger charge is -2.27. The maximum absolute atomic E-state index is 3.65. The summed E-state index contributed by atoms with van der Waals surface area (Å²) in [6.07, 6.45) is 4.08. The van der Waals surface area contributed by atoms with Crippen LogP contribution >= 0.6 is 0 Å². The van der Waals surface area contributed by atoms with Crippen molar-refractivity contribution >= 4 is 0 Å². The Hall–Kier alpha value is -0.860. The summed E-state index contributed by atoms with van der Waals surface area (Å²) >= 11 is 0. The Morgan fingerprint density at radius 1 is 1.10 bits per heavy atom. The second-order valence-electron chi connectivity index (χ2n) is 8.01. The lowest BCUT2D eigenvalue weighted by Crippen LogP contribution is -2.26. The molecule has 0 amide bonds. The summed E-state index contributed by atoms with van der Waals surface area (Å²) in [5.74, 6) is 0.842. The molecule has 1 unspecified atom stereocenters. The van der Waals surface area contributed by atoms with Crippen molar-refractivity contribution in [1.29, 1.82) is 0 Å². The molecule has 0 radical (unpaired) electrons. The fraction of sp³-hybridized carbons (Fsp3) is 0.684. The fourth-order valence-corrected chi connectivity index (χ4v) is 3.35. The van der Waals surface area contributed by atoms with E-state index in [1.54, 1.807) is 0 Å². The number of benzene rings is 1. The van der Waals surface area contributed by atoms with Gasteiger partial charge in [-0.15, -0.1) is 0 Å². The van der Waals surface area contributed by atoms with Crippen LogP contribution < -0.4 is 5.32 Å². The zero-order chi connectivity index (χ0) is 14.9. The minimum atomic E-state index is 0.446. The molecule has 2 heteroatoms. The average Bonchev–Trinajstić information content (AvgIpc) is 3.14. The van der Waals surface area contributed by atoms with Crippen molar-refractivity contribution in [1.82, 2.24) is 10.2 Å². The molecule has 1 aliphatic heterocycles. The van der Waals surface area contributed by atoms with Crippen LogP contribution in [-0.2, 0) is 13.1 Å². The molecule has 2 fully saturated rings. The topological polar surface area (TPSA) is 15.3 Å². The molecule has 1 saturated carbocycles. The second kappa shape index (κ2) is 6.10. The van der Waals surface area contributed by atoms with Crippen LogP contribution in [0.25, 0.3) is 0 Å². The maximum Gasteiger partial charge on any atom is 0.0237 e. The van der Waals surface area contributed by atoms with Gasteiger partial charge in [0.15, 0.2) is 0 Å². The highest BCUT2D eigenvalue weighted by Gasteiger charge is 2.31. The van der Waals surface area contributed by atoms with Gasteiger partial charge >= 0.3 is 0 Å². The molecule has 1 N–H and O–H groups in total. The summed E-state index contributed by atoms with van der Waals surface area (Å²) < 4.78 is 0. The van der Waals surface area contributed by atoms with Gasteiger partial charge in [0.05, 0.1) is 0 Å². The Morgan fingerprint density at radius 2 is 1.81 bits per heavy atom. The highest BCUT2D eigenvalue weighted by molar-refractivity contribution is 5.27. The van der Waals surface area contributed by atoms with E-state index in [1.165, 1.54) is 43.5 Å². The Bertz CT molecular complexity index is 471. The predicted molar refractivity (Wildman–Crippen MR) is 89.1 cm³/mol. The van der Waals surface area contributed by atoms with E-state index in [9.17, 15) is 0 Å². The van der Waals surface area contributed by atoms with Crippen LogP contribution in [0.3, 0.4) is 0 Å². The number of hydrogen-bond acceptors (Lipinski definition) is 2. The minimum absolute atomic E-state index is 0.446. The van der Waals surface area contributed by atoms with Crippen molar-refractivity contribution in [3.8, 4) is 0 Å². The van der Waals surface area contributed by atoms with Crippen LogP contribution in [0.1, 0.15) is 51.2 Å². The molecular formula is C19H30N2. The first-order valence-electron chi connectivity index (χ1n) is 8.55. The third-order valence-corrected chi connectivity index (χ3v) is 5.17. The van der Waals surface area contributed by atoms with E-state index < -0.39 is 0 Å². The Balaban J connectivity index is 1.59. The Morgan fingerprint density at radius 3 is 2.43 bits per heavy atom. The zero-order valence-electron chi connectivity index (χ0n) is 13.9. The van der Waals surface area contributed by atoms with Crippen molar-refractivity contribution in [3.05, 3.63) is 35.4 Å². The van der Waals surface area contributed by atoms with Crippen molar-refractivity contribution in [2.24, 2.45) is 11.3 Å². The van der Waals surface area contributed by atoms with Crippen molar-refractivity contribution in [2.75, 3.05) is 13.1 Å². The summed E-state index contributed by atoms with van der Waals surface area (Å²) in [5, 5.41) is 3.65. The molecule has 1 heterocycles. The van der Waals surface area contributed by atoms with Gasteiger partial charge in [-0.05, 0) is 48.3 Å². The maximum atomic E-state index is 3.65. The number of nitrogens with one attached hydrogen (secondary N) is 1. The second-order valence-corrected chi connectivity index (χ2v) is 8.01. The Labute approximate surface area is 129 Å². The van der Waals surface area contributed by atoms with Gasteiger partial charge < -0.3 is 5.32 Å². The first kappa shape index (κ1) is 15.1. The largest absolute Gasteiger partial charge is 0.310 e. The molecule has 3 rings (SSSR count). The molecule has 1 aromatic rings. The predicted octanol–water partition coefficient (Wildman–Crippen LogP) is 3.81. The van der Waals surface area contributed by atoms with Crippen molar-refractivity contribution in [3.63, 3.8) is 0 Å². The number of hydrogen-bond donors (Lipinski definition) is 1. The van der Waals surface area contributed by atoms with Crippen LogP contribution in [-0.4, -0.2) is 24.0 Å². The van der Waals surface area contributed by atoms with Crippen molar-refractivity contribution < 1.29 is 0 Å². The van der Waals surface area contributed by atoms with Gasteiger partial charge in [-0.2, -0.15) is 0 Å². The van der Waals surface area contributed by atoms with Crippen LogP contribution in [0.2, 0.25) is 0 Å². The van der Waals surface area contributed by atoms with E-state index in [2.05, 4.69) is 55.3 Å². The van der Waals surface area contributed by atoms with Gasteiger partial charge in [-0.25, -0.2) is 0 Å². The highest BCUT2D eigenvalue weighted by Crippen LogP contribution is 2.34. The average molecular weight is 286 g/mol. The molecular weight excluding hydrogens is 256 g/mol. The Kier molecular flexibility index (Phi) is 4.37. The molecule has 0 aromatic heterocycles.